The third-order valence-electron chi connectivity index (χ3n) is 3.98. The molecule has 1 N–H and O–H groups in total. The van der Waals surface area contributed by atoms with Crippen molar-refractivity contribution in [2.45, 2.75) is 44.7 Å². The normalized spacial score (nSPS) is 29.9. The van der Waals surface area contributed by atoms with Crippen LogP contribution in [0.3, 0.4) is 0 Å². The number of rotatable bonds is 3. The molecule has 4 heteroatoms. The minimum atomic E-state index is 0.214. The zero-order chi connectivity index (χ0) is 11.2. The monoisotopic (exact) mass is 283 g/mol. The van der Waals surface area contributed by atoms with Gasteiger partial charge >= 0.3 is 0 Å². The van der Waals surface area contributed by atoms with Gasteiger partial charge in [-0.25, -0.2) is 0 Å². The molecule has 0 amide bonds. The molecule has 1 atom stereocenters. The van der Waals surface area contributed by atoms with Crippen molar-refractivity contribution in [3.63, 3.8) is 0 Å². The van der Waals surface area contributed by atoms with Gasteiger partial charge in [-0.2, -0.15) is 5.10 Å². The molecule has 0 spiro atoms. The van der Waals surface area contributed by atoms with Crippen LogP contribution in [0.2, 0.25) is 0 Å². The Hall–Kier alpha value is -0.350. The van der Waals surface area contributed by atoms with E-state index in [0.717, 1.165) is 19.0 Å². The quantitative estimate of drug-likeness (QED) is 0.924. The number of nitrogens with one attached hydrogen (secondary N) is 1. The van der Waals surface area contributed by atoms with E-state index in [0.29, 0.717) is 0 Å². The van der Waals surface area contributed by atoms with Crippen molar-refractivity contribution in [3.8, 4) is 0 Å². The van der Waals surface area contributed by atoms with Gasteiger partial charge in [0, 0.05) is 6.54 Å². The first kappa shape index (κ1) is 10.8. The van der Waals surface area contributed by atoms with Gasteiger partial charge in [-0.3, -0.25) is 4.68 Å². The van der Waals surface area contributed by atoms with E-state index in [-0.39, 0.29) is 5.54 Å². The first-order valence-electron chi connectivity index (χ1n) is 6.25. The molecule has 2 heterocycles. The van der Waals surface area contributed by atoms with E-state index in [1.54, 1.807) is 0 Å². The van der Waals surface area contributed by atoms with Crippen LogP contribution in [0.1, 0.15) is 38.3 Å². The third-order valence-corrected chi connectivity index (χ3v) is 4.56. The predicted octanol–water partition coefficient (Wildman–Crippen LogP) is 2.65. The summed E-state index contributed by atoms with van der Waals surface area (Å²) in [5, 5.41) is 8.22. The molecule has 1 unspecified atom stereocenters. The Bertz CT molecular complexity index is 389. The van der Waals surface area contributed by atoms with Gasteiger partial charge in [-0.1, -0.05) is 0 Å². The van der Waals surface area contributed by atoms with Gasteiger partial charge in [0.05, 0.1) is 21.9 Å². The van der Waals surface area contributed by atoms with Crippen LogP contribution in [0.15, 0.2) is 10.7 Å². The summed E-state index contributed by atoms with van der Waals surface area (Å²) in [6.07, 6.45) is 7.24. The fourth-order valence-corrected chi connectivity index (χ4v) is 3.78. The maximum atomic E-state index is 4.46. The van der Waals surface area contributed by atoms with Gasteiger partial charge in [0.25, 0.3) is 0 Å². The minimum absolute atomic E-state index is 0.214. The number of hydrogen-bond donors (Lipinski definition) is 1. The summed E-state index contributed by atoms with van der Waals surface area (Å²) < 4.78 is 3.33. The molecule has 88 valence electrons. The molecule has 3 rings (SSSR count). The van der Waals surface area contributed by atoms with E-state index in [1.807, 2.05) is 6.20 Å². The van der Waals surface area contributed by atoms with E-state index in [4.69, 9.17) is 0 Å². The van der Waals surface area contributed by atoms with E-state index >= 15 is 0 Å². The lowest BCUT2D eigenvalue weighted by molar-refractivity contribution is 0.306. The Morgan fingerprint density at radius 1 is 1.62 bits per heavy atom. The first-order chi connectivity index (χ1) is 7.78. The van der Waals surface area contributed by atoms with Crippen molar-refractivity contribution < 1.29 is 0 Å². The highest BCUT2D eigenvalue weighted by atomic mass is 79.9. The van der Waals surface area contributed by atoms with Crippen molar-refractivity contribution in [1.29, 1.82) is 0 Å². The highest BCUT2D eigenvalue weighted by Gasteiger charge is 2.50. The summed E-state index contributed by atoms with van der Waals surface area (Å²) >= 11 is 3.68. The van der Waals surface area contributed by atoms with Gasteiger partial charge < -0.3 is 5.32 Å². The molecule has 0 bridgehead atoms. The molecule has 16 heavy (non-hydrogen) atoms. The van der Waals surface area contributed by atoms with Crippen LogP contribution < -0.4 is 5.32 Å². The van der Waals surface area contributed by atoms with Crippen LogP contribution in [-0.4, -0.2) is 16.3 Å². The number of halogens is 1. The van der Waals surface area contributed by atoms with Crippen molar-refractivity contribution in [2.75, 3.05) is 6.54 Å². The molecule has 1 aliphatic carbocycles. The molecule has 1 aromatic heterocycles. The SMILES string of the molecule is CCn1ncc(Br)c1C1(C2CC2)CCCN1. The highest BCUT2D eigenvalue weighted by molar-refractivity contribution is 9.10. The lowest BCUT2D eigenvalue weighted by Crippen LogP contribution is -2.41. The van der Waals surface area contributed by atoms with Crippen LogP contribution in [0.25, 0.3) is 0 Å². The Kier molecular flexibility index (Phi) is 2.59. The standard InChI is InChI=1S/C12H18BrN3/c1-2-16-11(10(13)8-15-16)12(9-4-5-9)6-3-7-14-12/h8-9,14H,2-7H2,1H3. The van der Waals surface area contributed by atoms with Crippen LogP contribution in [0.5, 0.6) is 0 Å². The van der Waals surface area contributed by atoms with Gasteiger partial charge in [-0.05, 0) is 61.0 Å². The third kappa shape index (κ3) is 1.46. The first-order valence-corrected chi connectivity index (χ1v) is 7.04. The molecule has 1 aliphatic heterocycles. The highest BCUT2D eigenvalue weighted by Crippen LogP contribution is 2.51. The summed E-state index contributed by atoms with van der Waals surface area (Å²) in [7, 11) is 0. The smallest absolute Gasteiger partial charge is 0.0729 e. The molecule has 0 aromatic carbocycles. The molecule has 1 saturated carbocycles. The number of aryl methyl sites for hydroxylation is 1. The average molecular weight is 284 g/mol. The molecule has 2 aliphatic rings. The van der Waals surface area contributed by atoms with Gasteiger partial charge in [0.1, 0.15) is 0 Å². The molecule has 1 saturated heterocycles. The molecule has 2 fully saturated rings. The van der Waals surface area contributed by atoms with Crippen molar-refractivity contribution in [3.05, 3.63) is 16.4 Å². The van der Waals surface area contributed by atoms with Crippen LogP contribution in [-0.2, 0) is 12.1 Å². The van der Waals surface area contributed by atoms with E-state index in [9.17, 15) is 0 Å². The van der Waals surface area contributed by atoms with Crippen LogP contribution in [0.4, 0.5) is 0 Å². The topological polar surface area (TPSA) is 29.9 Å². The second-order valence-corrected chi connectivity index (χ2v) is 5.79. The van der Waals surface area contributed by atoms with E-state index < -0.39 is 0 Å². The summed E-state index contributed by atoms with van der Waals surface area (Å²) in [6, 6.07) is 0. The summed E-state index contributed by atoms with van der Waals surface area (Å²) in [5.74, 6) is 0.827. The molecule has 1 aromatic rings. The van der Waals surface area contributed by atoms with Gasteiger partial charge in [-0.15, -0.1) is 0 Å². The number of aromatic nitrogens is 2. The Balaban J connectivity index is 2.07. The maximum Gasteiger partial charge on any atom is 0.0729 e. The van der Waals surface area contributed by atoms with Gasteiger partial charge in [0.15, 0.2) is 0 Å². The summed E-state index contributed by atoms with van der Waals surface area (Å²) in [6.45, 7) is 4.27. The van der Waals surface area contributed by atoms with E-state index in [1.165, 1.54) is 35.8 Å². The zero-order valence-electron chi connectivity index (χ0n) is 9.67. The fourth-order valence-electron chi connectivity index (χ4n) is 3.13. The van der Waals surface area contributed by atoms with Gasteiger partial charge in [0.2, 0.25) is 0 Å². The molecular formula is C12H18BrN3. The van der Waals surface area contributed by atoms with Crippen LogP contribution in [0, 0.1) is 5.92 Å². The maximum absolute atomic E-state index is 4.46. The predicted molar refractivity (Wildman–Crippen MR) is 67.2 cm³/mol. The zero-order valence-corrected chi connectivity index (χ0v) is 11.3. The Labute approximate surface area is 105 Å². The molecular weight excluding hydrogens is 266 g/mol. The summed E-state index contributed by atoms with van der Waals surface area (Å²) in [5.41, 5.74) is 1.60. The Morgan fingerprint density at radius 3 is 3.00 bits per heavy atom. The van der Waals surface area contributed by atoms with Crippen molar-refractivity contribution in [2.24, 2.45) is 5.92 Å². The fraction of sp³-hybridized carbons (Fsp3) is 0.750. The van der Waals surface area contributed by atoms with Crippen molar-refractivity contribution in [1.82, 2.24) is 15.1 Å². The van der Waals surface area contributed by atoms with Crippen molar-refractivity contribution >= 4 is 15.9 Å². The minimum Gasteiger partial charge on any atom is -0.306 e. The van der Waals surface area contributed by atoms with E-state index in [2.05, 4.69) is 38.0 Å². The average Bonchev–Trinajstić information content (AvgIpc) is 2.92. The largest absolute Gasteiger partial charge is 0.306 e. The lowest BCUT2D eigenvalue weighted by Gasteiger charge is -2.31. The molecule has 0 radical (unpaired) electrons. The second kappa shape index (κ2) is 3.84. The molecule has 3 nitrogen and oxygen atoms in total. The lowest BCUT2D eigenvalue weighted by atomic mass is 9.87. The second-order valence-electron chi connectivity index (χ2n) is 4.93. The summed E-state index contributed by atoms with van der Waals surface area (Å²) in [4.78, 5) is 0. The van der Waals surface area contributed by atoms with Crippen LogP contribution >= 0.6 is 15.9 Å². The number of hydrogen-bond acceptors (Lipinski definition) is 2. The Morgan fingerprint density at radius 2 is 2.44 bits per heavy atom. The number of nitrogens with zero attached hydrogens (tertiary/aromatic N) is 2.